The van der Waals surface area contributed by atoms with Crippen LogP contribution in [0.5, 0.6) is 5.75 Å². The van der Waals surface area contributed by atoms with Gasteiger partial charge < -0.3 is 9.72 Å². The van der Waals surface area contributed by atoms with Crippen molar-refractivity contribution in [1.29, 1.82) is 0 Å². The number of amides is 1. The molecule has 0 spiro atoms. The summed E-state index contributed by atoms with van der Waals surface area (Å²) in [4.78, 5) is 18.6. The summed E-state index contributed by atoms with van der Waals surface area (Å²) in [5, 5.41) is 3.25. The number of aromatic amines is 1. The predicted molar refractivity (Wildman–Crippen MR) is 73.5 cm³/mol. The van der Waals surface area contributed by atoms with Gasteiger partial charge in [0.1, 0.15) is 5.75 Å². The molecule has 0 bridgehead atoms. The van der Waals surface area contributed by atoms with Gasteiger partial charge in [-0.15, -0.1) is 0 Å². The van der Waals surface area contributed by atoms with E-state index in [-0.39, 0.29) is 5.91 Å². The highest BCUT2D eigenvalue weighted by atomic mass is 35.5. The number of ether oxygens (including phenoxy) is 1. The highest BCUT2D eigenvalue weighted by molar-refractivity contribution is 6.30. The standard InChI is InChI=1S/C13H14ClN3O2/c1-8-7-10(14)3-4-11(8)19-9(2)12(18)17-13-15-5-6-16-13/h3-7,9H,1-2H3,(H2,15,16,17,18). The van der Waals surface area contributed by atoms with Crippen LogP contribution in [0.25, 0.3) is 0 Å². The molecule has 2 N–H and O–H groups in total. The van der Waals surface area contributed by atoms with Crippen LogP contribution in [0.1, 0.15) is 12.5 Å². The molecular formula is C13H14ClN3O2. The maximum Gasteiger partial charge on any atom is 0.267 e. The molecule has 0 saturated heterocycles. The Bertz CT molecular complexity index is 569. The molecule has 1 unspecified atom stereocenters. The number of nitrogens with zero attached hydrogens (tertiary/aromatic N) is 1. The molecule has 0 saturated carbocycles. The van der Waals surface area contributed by atoms with Crippen LogP contribution < -0.4 is 10.1 Å². The summed E-state index contributed by atoms with van der Waals surface area (Å²) in [5.74, 6) is 0.754. The second-order valence-corrected chi connectivity index (χ2v) is 4.53. The van der Waals surface area contributed by atoms with Crippen molar-refractivity contribution in [3.63, 3.8) is 0 Å². The van der Waals surface area contributed by atoms with Crippen LogP contribution in [0.4, 0.5) is 5.95 Å². The van der Waals surface area contributed by atoms with E-state index in [1.165, 1.54) is 0 Å². The summed E-state index contributed by atoms with van der Waals surface area (Å²) >= 11 is 5.86. The van der Waals surface area contributed by atoms with Crippen LogP contribution in [0.15, 0.2) is 30.6 Å². The average molecular weight is 280 g/mol. The number of hydrogen-bond donors (Lipinski definition) is 2. The molecule has 0 aliphatic heterocycles. The van der Waals surface area contributed by atoms with Gasteiger partial charge in [-0.1, -0.05) is 11.6 Å². The normalized spacial score (nSPS) is 11.9. The summed E-state index contributed by atoms with van der Waals surface area (Å²) in [6.45, 7) is 3.55. The quantitative estimate of drug-likeness (QED) is 0.904. The molecule has 5 nitrogen and oxygen atoms in total. The van der Waals surface area contributed by atoms with Gasteiger partial charge >= 0.3 is 0 Å². The lowest BCUT2D eigenvalue weighted by Gasteiger charge is -2.15. The van der Waals surface area contributed by atoms with Crippen molar-refractivity contribution in [2.24, 2.45) is 0 Å². The van der Waals surface area contributed by atoms with E-state index in [4.69, 9.17) is 16.3 Å². The summed E-state index contributed by atoms with van der Waals surface area (Å²) in [5.41, 5.74) is 0.880. The lowest BCUT2D eigenvalue weighted by Crippen LogP contribution is -2.30. The molecule has 1 atom stereocenters. The number of carbonyl (C=O) groups excluding carboxylic acids is 1. The van der Waals surface area contributed by atoms with Crippen LogP contribution in [0, 0.1) is 6.92 Å². The van der Waals surface area contributed by atoms with E-state index < -0.39 is 6.10 Å². The minimum Gasteiger partial charge on any atom is -0.481 e. The highest BCUT2D eigenvalue weighted by Crippen LogP contribution is 2.22. The Morgan fingerprint density at radius 1 is 1.53 bits per heavy atom. The first-order valence-corrected chi connectivity index (χ1v) is 6.17. The number of halogens is 1. The van der Waals surface area contributed by atoms with Gasteiger partial charge in [-0.25, -0.2) is 4.98 Å². The molecule has 2 rings (SSSR count). The summed E-state index contributed by atoms with van der Waals surface area (Å²) in [6, 6.07) is 5.25. The summed E-state index contributed by atoms with van der Waals surface area (Å²) < 4.78 is 5.60. The number of hydrogen-bond acceptors (Lipinski definition) is 3. The van der Waals surface area contributed by atoms with Gasteiger partial charge in [0, 0.05) is 17.4 Å². The Kier molecular flexibility index (Phi) is 4.06. The van der Waals surface area contributed by atoms with Crippen molar-refractivity contribution in [2.45, 2.75) is 20.0 Å². The molecule has 0 radical (unpaired) electrons. The van der Waals surface area contributed by atoms with E-state index in [0.29, 0.717) is 16.7 Å². The van der Waals surface area contributed by atoms with Crippen molar-refractivity contribution >= 4 is 23.5 Å². The first-order chi connectivity index (χ1) is 9.06. The molecule has 19 heavy (non-hydrogen) atoms. The monoisotopic (exact) mass is 279 g/mol. The van der Waals surface area contributed by atoms with Crippen molar-refractivity contribution in [1.82, 2.24) is 9.97 Å². The third-order valence-corrected chi connectivity index (χ3v) is 2.78. The molecular weight excluding hydrogens is 266 g/mol. The fourth-order valence-electron chi connectivity index (χ4n) is 1.54. The second kappa shape index (κ2) is 5.75. The van der Waals surface area contributed by atoms with Crippen molar-refractivity contribution in [2.75, 3.05) is 5.32 Å². The number of aryl methyl sites for hydroxylation is 1. The fraction of sp³-hybridized carbons (Fsp3) is 0.231. The molecule has 6 heteroatoms. The second-order valence-electron chi connectivity index (χ2n) is 4.10. The highest BCUT2D eigenvalue weighted by Gasteiger charge is 2.16. The zero-order valence-corrected chi connectivity index (χ0v) is 11.4. The maximum atomic E-state index is 11.9. The van der Waals surface area contributed by atoms with E-state index in [1.54, 1.807) is 37.5 Å². The number of benzene rings is 1. The van der Waals surface area contributed by atoms with Gasteiger partial charge in [-0.2, -0.15) is 0 Å². The molecule has 2 aromatic rings. The van der Waals surface area contributed by atoms with Crippen LogP contribution in [0.2, 0.25) is 5.02 Å². The minimum absolute atomic E-state index is 0.274. The predicted octanol–water partition coefficient (Wildman–Crippen LogP) is 2.78. The van der Waals surface area contributed by atoms with E-state index in [9.17, 15) is 4.79 Å². The van der Waals surface area contributed by atoms with Crippen molar-refractivity contribution in [3.8, 4) is 5.75 Å². The molecule has 1 amide bonds. The third kappa shape index (κ3) is 3.48. The van der Waals surface area contributed by atoms with Gasteiger partial charge in [0.25, 0.3) is 5.91 Å². The Hall–Kier alpha value is -2.01. The molecule has 1 aromatic heterocycles. The Labute approximate surface area is 116 Å². The zero-order chi connectivity index (χ0) is 13.8. The molecule has 0 aliphatic rings. The smallest absolute Gasteiger partial charge is 0.267 e. The maximum absolute atomic E-state index is 11.9. The van der Waals surface area contributed by atoms with Crippen LogP contribution in [0.3, 0.4) is 0 Å². The zero-order valence-electron chi connectivity index (χ0n) is 10.6. The number of rotatable bonds is 4. The lowest BCUT2D eigenvalue weighted by molar-refractivity contribution is -0.122. The van der Waals surface area contributed by atoms with Gasteiger partial charge in [0.15, 0.2) is 6.10 Å². The van der Waals surface area contributed by atoms with E-state index in [0.717, 1.165) is 5.56 Å². The topological polar surface area (TPSA) is 67.0 Å². The Morgan fingerprint density at radius 2 is 2.32 bits per heavy atom. The van der Waals surface area contributed by atoms with Gasteiger partial charge in [0.2, 0.25) is 5.95 Å². The Balaban J connectivity index is 2.00. The molecule has 1 heterocycles. The molecule has 1 aromatic carbocycles. The number of anilines is 1. The van der Waals surface area contributed by atoms with Gasteiger partial charge in [0.05, 0.1) is 0 Å². The van der Waals surface area contributed by atoms with E-state index >= 15 is 0 Å². The SMILES string of the molecule is Cc1cc(Cl)ccc1OC(C)C(=O)Nc1ncc[nH]1. The lowest BCUT2D eigenvalue weighted by atomic mass is 10.2. The largest absolute Gasteiger partial charge is 0.481 e. The van der Waals surface area contributed by atoms with E-state index in [1.807, 2.05) is 6.92 Å². The minimum atomic E-state index is -0.634. The fourth-order valence-corrected chi connectivity index (χ4v) is 1.77. The molecule has 0 aliphatic carbocycles. The van der Waals surface area contributed by atoms with Crippen molar-refractivity contribution in [3.05, 3.63) is 41.2 Å². The third-order valence-electron chi connectivity index (χ3n) is 2.55. The summed E-state index contributed by atoms with van der Waals surface area (Å²) in [7, 11) is 0. The number of nitrogens with one attached hydrogen (secondary N) is 2. The van der Waals surface area contributed by atoms with Crippen LogP contribution in [-0.2, 0) is 4.79 Å². The average Bonchev–Trinajstić information content (AvgIpc) is 2.85. The van der Waals surface area contributed by atoms with Gasteiger partial charge in [-0.05, 0) is 37.6 Å². The number of carbonyl (C=O) groups is 1. The van der Waals surface area contributed by atoms with Crippen LogP contribution in [-0.4, -0.2) is 22.0 Å². The molecule has 100 valence electrons. The van der Waals surface area contributed by atoms with E-state index in [2.05, 4.69) is 15.3 Å². The number of aromatic nitrogens is 2. The van der Waals surface area contributed by atoms with Crippen LogP contribution >= 0.6 is 11.6 Å². The molecule has 0 fully saturated rings. The summed E-state index contributed by atoms with van der Waals surface area (Å²) in [6.07, 6.45) is 2.56. The van der Waals surface area contributed by atoms with Crippen molar-refractivity contribution < 1.29 is 9.53 Å². The van der Waals surface area contributed by atoms with Gasteiger partial charge in [-0.3, -0.25) is 10.1 Å². The first kappa shape index (κ1) is 13.4. The number of H-pyrrole nitrogens is 1. The first-order valence-electron chi connectivity index (χ1n) is 5.79. The Morgan fingerprint density at radius 3 is 2.95 bits per heavy atom. The number of imidazole rings is 1.